The molecule has 0 aromatic rings. The quantitative estimate of drug-likeness (QED) is 0.562. The van der Waals surface area contributed by atoms with Crippen LogP contribution >= 0.6 is 0 Å². The number of hydrogen-bond acceptors (Lipinski definition) is 2. The molecule has 0 amide bonds. The van der Waals surface area contributed by atoms with Crippen molar-refractivity contribution in [3.8, 4) is 0 Å². The molecule has 0 unspecified atom stereocenters. The molecule has 1 aliphatic carbocycles. The van der Waals surface area contributed by atoms with E-state index in [2.05, 4.69) is 0 Å². The highest BCUT2D eigenvalue weighted by atomic mass is 16.2. The van der Waals surface area contributed by atoms with E-state index in [1.54, 1.807) is 0 Å². The fraction of sp³-hybridized carbons (Fsp3) is 0.556. The summed E-state index contributed by atoms with van der Waals surface area (Å²) in [5, 5.41) is 0. The van der Waals surface area contributed by atoms with Gasteiger partial charge in [-0.2, -0.15) is 0 Å². The van der Waals surface area contributed by atoms with Crippen molar-refractivity contribution >= 4 is 11.6 Å². The first-order valence-corrected chi connectivity index (χ1v) is 3.86. The van der Waals surface area contributed by atoms with Gasteiger partial charge in [-0.1, -0.05) is 13.8 Å². The summed E-state index contributed by atoms with van der Waals surface area (Å²) in [5.41, 5.74) is 0.713. The highest BCUT2D eigenvalue weighted by Gasteiger charge is 2.21. The molecule has 0 aromatic heterocycles. The number of allylic oxidation sites excluding steroid dienone is 2. The molecule has 11 heavy (non-hydrogen) atoms. The van der Waals surface area contributed by atoms with Gasteiger partial charge in [0.25, 0.3) is 0 Å². The lowest BCUT2D eigenvalue weighted by Gasteiger charge is -2.02. The highest BCUT2D eigenvalue weighted by molar-refractivity contribution is 6.19. The van der Waals surface area contributed by atoms with Gasteiger partial charge < -0.3 is 0 Å². The Kier molecular flexibility index (Phi) is 2.22. The fourth-order valence-corrected chi connectivity index (χ4v) is 1.21. The first-order valence-electron chi connectivity index (χ1n) is 3.86. The maximum atomic E-state index is 11.0. The molecule has 2 nitrogen and oxygen atoms in total. The van der Waals surface area contributed by atoms with E-state index >= 15 is 0 Å². The second kappa shape index (κ2) is 2.99. The van der Waals surface area contributed by atoms with Crippen molar-refractivity contribution < 1.29 is 9.59 Å². The topological polar surface area (TPSA) is 34.1 Å². The SMILES string of the molecule is CC(C)CC1=CC(=O)CC1=O. The molecule has 0 N–H and O–H groups in total. The van der Waals surface area contributed by atoms with Gasteiger partial charge in [-0.15, -0.1) is 0 Å². The van der Waals surface area contributed by atoms with Crippen LogP contribution in [0.3, 0.4) is 0 Å². The van der Waals surface area contributed by atoms with Crippen LogP contribution in [0.15, 0.2) is 11.6 Å². The molecule has 0 radical (unpaired) electrons. The van der Waals surface area contributed by atoms with Crippen molar-refractivity contribution in [1.29, 1.82) is 0 Å². The smallest absolute Gasteiger partial charge is 0.166 e. The van der Waals surface area contributed by atoms with Crippen LogP contribution in [-0.4, -0.2) is 11.6 Å². The molecule has 0 fully saturated rings. The van der Waals surface area contributed by atoms with Crippen LogP contribution in [0.4, 0.5) is 0 Å². The number of Topliss-reactive ketones (excluding diaryl/α,β-unsaturated/α-hetero) is 1. The van der Waals surface area contributed by atoms with Crippen molar-refractivity contribution in [1.82, 2.24) is 0 Å². The minimum Gasteiger partial charge on any atom is -0.294 e. The highest BCUT2D eigenvalue weighted by Crippen LogP contribution is 2.18. The van der Waals surface area contributed by atoms with Gasteiger partial charge in [0.05, 0.1) is 6.42 Å². The standard InChI is InChI=1S/C9H12O2/c1-6(2)3-7-4-8(10)5-9(7)11/h4,6H,3,5H2,1-2H3. The van der Waals surface area contributed by atoms with E-state index in [1.165, 1.54) is 6.08 Å². The summed E-state index contributed by atoms with van der Waals surface area (Å²) in [7, 11) is 0. The maximum Gasteiger partial charge on any atom is 0.166 e. The lowest BCUT2D eigenvalue weighted by molar-refractivity contribution is -0.120. The number of carbonyl (C=O) groups excluding carboxylic acids is 2. The van der Waals surface area contributed by atoms with Gasteiger partial charge >= 0.3 is 0 Å². The summed E-state index contributed by atoms with van der Waals surface area (Å²) in [6, 6.07) is 0. The van der Waals surface area contributed by atoms with E-state index in [9.17, 15) is 9.59 Å². The van der Waals surface area contributed by atoms with Crippen LogP contribution in [0.1, 0.15) is 26.7 Å². The van der Waals surface area contributed by atoms with Crippen LogP contribution < -0.4 is 0 Å². The molecule has 0 spiro atoms. The van der Waals surface area contributed by atoms with Gasteiger partial charge in [0.1, 0.15) is 0 Å². The molecular weight excluding hydrogens is 140 g/mol. The Bertz CT molecular complexity index is 224. The molecule has 2 heteroatoms. The van der Waals surface area contributed by atoms with Crippen molar-refractivity contribution in [3.05, 3.63) is 11.6 Å². The number of ketones is 2. The lowest BCUT2D eigenvalue weighted by atomic mass is 10.0. The van der Waals surface area contributed by atoms with Gasteiger partial charge in [0, 0.05) is 0 Å². The molecule has 1 rings (SSSR count). The van der Waals surface area contributed by atoms with Gasteiger partial charge in [-0.25, -0.2) is 0 Å². The Labute approximate surface area is 66.3 Å². The molecule has 0 heterocycles. The molecule has 1 aliphatic rings. The first-order chi connectivity index (χ1) is 5.09. The Balaban J connectivity index is 2.64. The maximum absolute atomic E-state index is 11.0. The minimum atomic E-state index is -0.0364. The van der Waals surface area contributed by atoms with Crippen LogP contribution in [0.5, 0.6) is 0 Å². The van der Waals surface area contributed by atoms with Gasteiger partial charge in [-0.3, -0.25) is 9.59 Å². The Morgan fingerprint density at radius 1 is 1.45 bits per heavy atom. The van der Waals surface area contributed by atoms with Crippen molar-refractivity contribution in [2.75, 3.05) is 0 Å². The summed E-state index contributed by atoms with van der Waals surface area (Å²) in [5.74, 6) is 0.436. The summed E-state index contributed by atoms with van der Waals surface area (Å²) < 4.78 is 0. The predicted octanol–water partition coefficient (Wildman–Crippen LogP) is 1.50. The molecule has 0 saturated heterocycles. The average Bonchev–Trinajstić information content (AvgIpc) is 2.09. The van der Waals surface area contributed by atoms with Crippen molar-refractivity contribution in [3.63, 3.8) is 0 Å². The zero-order valence-corrected chi connectivity index (χ0v) is 6.89. The molecule has 0 atom stereocenters. The van der Waals surface area contributed by atoms with Crippen molar-refractivity contribution in [2.45, 2.75) is 26.7 Å². The van der Waals surface area contributed by atoms with Crippen LogP contribution in [0.2, 0.25) is 0 Å². The van der Waals surface area contributed by atoms with Gasteiger partial charge in [-0.05, 0) is 24.0 Å². The Morgan fingerprint density at radius 3 is 2.45 bits per heavy atom. The summed E-state index contributed by atoms with van der Waals surface area (Å²) in [6.07, 6.45) is 2.33. The van der Waals surface area contributed by atoms with Crippen LogP contribution in [-0.2, 0) is 9.59 Å². The first kappa shape index (κ1) is 8.18. The number of hydrogen-bond donors (Lipinski definition) is 0. The third-order valence-electron chi connectivity index (χ3n) is 1.66. The Hall–Kier alpha value is -0.920. The van der Waals surface area contributed by atoms with Gasteiger partial charge in [0.15, 0.2) is 11.6 Å². The molecular formula is C9H12O2. The average molecular weight is 152 g/mol. The predicted molar refractivity (Wildman–Crippen MR) is 42.2 cm³/mol. The number of carbonyl (C=O) groups is 2. The lowest BCUT2D eigenvalue weighted by Crippen LogP contribution is -2.00. The second-order valence-corrected chi connectivity index (χ2v) is 3.33. The summed E-state index contributed by atoms with van der Waals surface area (Å²) in [4.78, 5) is 21.8. The van der Waals surface area contributed by atoms with Crippen LogP contribution in [0, 0.1) is 5.92 Å². The van der Waals surface area contributed by atoms with E-state index in [0.717, 1.165) is 6.42 Å². The van der Waals surface area contributed by atoms with Gasteiger partial charge in [0.2, 0.25) is 0 Å². The summed E-state index contributed by atoms with van der Waals surface area (Å²) >= 11 is 0. The van der Waals surface area contributed by atoms with Crippen LogP contribution in [0.25, 0.3) is 0 Å². The third-order valence-corrected chi connectivity index (χ3v) is 1.66. The van der Waals surface area contributed by atoms with E-state index in [4.69, 9.17) is 0 Å². The largest absolute Gasteiger partial charge is 0.294 e. The normalized spacial score (nSPS) is 17.9. The molecule has 0 aromatic carbocycles. The minimum absolute atomic E-state index is 0.0173. The van der Waals surface area contributed by atoms with E-state index in [0.29, 0.717) is 11.5 Å². The molecule has 0 bridgehead atoms. The number of rotatable bonds is 2. The Morgan fingerprint density at radius 2 is 2.09 bits per heavy atom. The fourth-order valence-electron chi connectivity index (χ4n) is 1.21. The summed E-state index contributed by atoms with van der Waals surface area (Å²) in [6.45, 7) is 4.08. The van der Waals surface area contributed by atoms with E-state index in [1.807, 2.05) is 13.8 Å². The third kappa shape index (κ3) is 2.00. The van der Waals surface area contributed by atoms with E-state index in [-0.39, 0.29) is 18.0 Å². The zero-order chi connectivity index (χ0) is 8.43. The molecule has 60 valence electrons. The monoisotopic (exact) mass is 152 g/mol. The van der Waals surface area contributed by atoms with Crippen molar-refractivity contribution in [2.24, 2.45) is 5.92 Å². The zero-order valence-electron chi connectivity index (χ0n) is 6.89. The molecule has 0 aliphatic heterocycles. The van der Waals surface area contributed by atoms with E-state index < -0.39 is 0 Å². The second-order valence-electron chi connectivity index (χ2n) is 3.33. The molecule has 0 saturated carbocycles.